The molecule has 4 N–H and O–H groups in total. The molecule has 136 valence electrons. The van der Waals surface area contributed by atoms with Crippen LogP contribution in [0, 0.1) is 5.92 Å². The summed E-state index contributed by atoms with van der Waals surface area (Å²) >= 11 is 0. The Hall–Kier alpha value is -0.160. The zero-order valence-corrected chi connectivity index (χ0v) is 14.8. The van der Waals surface area contributed by atoms with E-state index in [2.05, 4.69) is 35.1 Å². The molecule has 1 saturated carbocycles. The van der Waals surface area contributed by atoms with Gasteiger partial charge in [-0.1, -0.05) is 13.8 Å². The van der Waals surface area contributed by atoms with E-state index in [1.165, 1.54) is 58.2 Å². The largest absolute Gasteiger partial charge is 0.320 e. The summed E-state index contributed by atoms with van der Waals surface area (Å²) in [6, 6.07) is 0. The first kappa shape index (κ1) is 20.8. The predicted octanol–water partition coefficient (Wildman–Crippen LogP) is 2.96. The Bertz CT molecular complexity index is 193. The molecule has 0 bridgehead atoms. The zero-order valence-electron chi connectivity index (χ0n) is 14.8. The van der Waals surface area contributed by atoms with Crippen molar-refractivity contribution in [1.29, 1.82) is 0 Å². The van der Waals surface area contributed by atoms with Crippen LogP contribution in [0.4, 0.5) is 0 Å². The van der Waals surface area contributed by atoms with Gasteiger partial charge in [-0.3, -0.25) is 0 Å². The highest BCUT2D eigenvalue weighted by atomic mass is 14.9. The topological polar surface area (TPSA) is 48.1 Å². The van der Waals surface area contributed by atoms with Crippen LogP contribution in [-0.2, 0) is 0 Å². The Balaban J connectivity index is -0.0000000949. The van der Waals surface area contributed by atoms with Crippen molar-refractivity contribution in [2.24, 2.45) is 5.92 Å². The Morgan fingerprint density at radius 1 is 0.762 bits per heavy atom. The summed E-state index contributed by atoms with van der Waals surface area (Å²) in [5.74, 6) is 1.03. The summed E-state index contributed by atoms with van der Waals surface area (Å²) in [6.45, 7) is 12.5. The fraction of sp³-hybridized carbons (Fsp3) is 1.00. The van der Waals surface area contributed by atoms with Gasteiger partial charge in [0.15, 0.2) is 0 Å². The maximum Gasteiger partial charge on any atom is 0 e. The molecule has 0 saturated heterocycles. The molecule has 0 unspecified atom stereocenters. The van der Waals surface area contributed by atoms with Crippen LogP contribution in [0.25, 0.3) is 0 Å². The highest BCUT2D eigenvalue weighted by Crippen LogP contribution is 2.27. The van der Waals surface area contributed by atoms with Crippen LogP contribution in [-0.4, -0.2) is 52.9 Å². The maximum absolute atomic E-state index is 3.50. The van der Waals surface area contributed by atoms with E-state index in [9.17, 15) is 0 Å². The molecular weight excluding hydrogens is 260 g/mol. The third kappa shape index (κ3) is 19.8. The summed E-state index contributed by atoms with van der Waals surface area (Å²) in [5, 5.41) is 13.2. The molecule has 21 heavy (non-hydrogen) atoms. The Morgan fingerprint density at radius 3 is 1.67 bits per heavy atom. The minimum absolute atomic E-state index is 0. The van der Waals surface area contributed by atoms with Gasteiger partial charge in [0.05, 0.1) is 0 Å². The SMILES string of the molecule is CCNCCCCNC.CCNCCCCNCC1CC1.[HH].[HH].[HH].[HH]. The third-order valence-corrected chi connectivity index (χ3v) is 3.62. The van der Waals surface area contributed by atoms with Crippen LogP contribution >= 0.6 is 0 Å². The molecule has 1 aliphatic rings. The molecule has 0 heterocycles. The number of hydrogen-bond donors (Lipinski definition) is 4. The number of unbranched alkanes of at least 4 members (excludes halogenated alkanes) is 2. The lowest BCUT2D eigenvalue weighted by Crippen LogP contribution is -2.20. The fourth-order valence-corrected chi connectivity index (χ4v) is 2.03. The van der Waals surface area contributed by atoms with Crippen molar-refractivity contribution >= 4 is 0 Å². The monoisotopic (exact) mass is 308 g/mol. The molecule has 0 aromatic rings. The van der Waals surface area contributed by atoms with Gasteiger partial charge in [-0.15, -0.1) is 0 Å². The van der Waals surface area contributed by atoms with Crippen LogP contribution in [0.1, 0.15) is 58.1 Å². The van der Waals surface area contributed by atoms with Gasteiger partial charge in [-0.05, 0) is 97.3 Å². The Kier molecular flexibility index (Phi) is 17.8. The van der Waals surface area contributed by atoms with Gasteiger partial charge in [-0.2, -0.15) is 0 Å². The highest BCUT2D eigenvalue weighted by molar-refractivity contribution is 4.74. The zero-order chi connectivity index (χ0) is 15.6. The number of rotatable bonds is 14. The third-order valence-electron chi connectivity index (χ3n) is 3.62. The molecule has 4 heteroatoms. The smallest absolute Gasteiger partial charge is 0 e. The highest BCUT2D eigenvalue weighted by Gasteiger charge is 2.19. The molecule has 0 radical (unpaired) electrons. The first-order valence-corrected chi connectivity index (χ1v) is 9.11. The van der Waals surface area contributed by atoms with E-state index in [0.717, 1.165) is 32.1 Å². The molecule has 1 fully saturated rings. The molecule has 4 nitrogen and oxygen atoms in total. The minimum Gasteiger partial charge on any atom is -0.320 e. The molecule has 0 aromatic carbocycles. The summed E-state index contributed by atoms with van der Waals surface area (Å²) in [4.78, 5) is 0. The first-order chi connectivity index (χ1) is 10.3. The lowest BCUT2D eigenvalue weighted by atomic mass is 10.3. The minimum atomic E-state index is 0. The van der Waals surface area contributed by atoms with E-state index in [0.29, 0.717) is 0 Å². The van der Waals surface area contributed by atoms with E-state index in [4.69, 9.17) is 0 Å². The van der Waals surface area contributed by atoms with Crippen LogP contribution in [0.15, 0.2) is 0 Å². The van der Waals surface area contributed by atoms with Gasteiger partial charge in [-0.25, -0.2) is 0 Å². The summed E-state index contributed by atoms with van der Waals surface area (Å²) in [5.41, 5.74) is 0. The Morgan fingerprint density at radius 2 is 1.24 bits per heavy atom. The molecule has 0 aliphatic heterocycles. The van der Waals surface area contributed by atoms with Crippen LogP contribution in [0.3, 0.4) is 0 Å². The molecule has 0 spiro atoms. The predicted molar refractivity (Wildman–Crippen MR) is 104 cm³/mol. The molecule has 1 aliphatic carbocycles. The van der Waals surface area contributed by atoms with Crippen molar-refractivity contribution in [2.75, 3.05) is 52.9 Å². The fourth-order valence-electron chi connectivity index (χ4n) is 2.03. The molecule has 0 aromatic heterocycles. The average molecular weight is 309 g/mol. The van der Waals surface area contributed by atoms with Crippen LogP contribution < -0.4 is 21.3 Å². The van der Waals surface area contributed by atoms with Gasteiger partial charge in [0.25, 0.3) is 0 Å². The van der Waals surface area contributed by atoms with Gasteiger partial charge < -0.3 is 21.3 Å². The number of nitrogens with one attached hydrogen (secondary N) is 4. The van der Waals surface area contributed by atoms with Crippen molar-refractivity contribution in [3.63, 3.8) is 0 Å². The van der Waals surface area contributed by atoms with Crippen molar-refractivity contribution in [2.45, 2.75) is 52.4 Å². The standard InChI is InChI=1S/C10H22N2.C7H18N2.4H2/c1-2-11-7-3-4-8-12-9-10-5-6-10;1-3-9-7-5-4-6-8-2;;;;/h10-12H,2-9H2,1H3;8-9H,3-7H2,1-2H3;4*1H. The van der Waals surface area contributed by atoms with E-state index in [1.807, 2.05) is 7.05 Å². The van der Waals surface area contributed by atoms with Crippen LogP contribution in [0.5, 0.6) is 0 Å². The second-order valence-corrected chi connectivity index (χ2v) is 5.87. The summed E-state index contributed by atoms with van der Waals surface area (Å²) in [7, 11) is 1.99. The van der Waals surface area contributed by atoms with Gasteiger partial charge in [0.2, 0.25) is 0 Å². The quantitative estimate of drug-likeness (QED) is 0.373. The average Bonchev–Trinajstić information content (AvgIpc) is 3.31. The van der Waals surface area contributed by atoms with Gasteiger partial charge in [0.1, 0.15) is 0 Å². The van der Waals surface area contributed by atoms with Gasteiger partial charge >= 0.3 is 0 Å². The summed E-state index contributed by atoms with van der Waals surface area (Å²) < 4.78 is 0. The first-order valence-electron chi connectivity index (χ1n) is 9.11. The molecule has 0 atom stereocenters. The second-order valence-electron chi connectivity index (χ2n) is 5.87. The molecular formula is C17H48N4. The molecule has 0 amide bonds. The van der Waals surface area contributed by atoms with Crippen molar-refractivity contribution < 1.29 is 5.71 Å². The van der Waals surface area contributed by atoms with Crippen molar-refractivity contribution in [3.8, 4) is 0 Å². The van der Waals surface area contributed by atoms with E-state index < -0.39 is 0 Å². The molecule has 1 rings (SSSR count). The van der Waals surface area contributed by atoms with Crippen molar-refractivity contribution in [1.82, 2.24) is 21.3 Å². The lowest BCUT2D eigenvalue weighted by Gasteiger charge is -2.03. The number of hydrogen-bond acceptors (Lipinski definition) is 4. The normalized spacial score (nSPS) is 13.9. The van der Waals surface area contributed by atoms with Crippen LogP contribution in [0.2, 0.25) is 0 Å². The van der Waals surface area contributed by atoms with E-state index >= 15 is 0 Å². The van der Waals surface area contributed by atoms with E-state index in [1.54, 1.807) is 0 Å². The van der Waals surface area contributed by atoms with Crippen molar-refractivity contribution in [3.05, 3.63) is 0 Å². The maximum atomic E-state index is 3.50. The lowest BCUT2D eigenvalue weighted by molar-refractivity contribution is 0.575. The Labute approximate surface area is 139 Å². The second kappa shape index (κ2) is 17.9. The van der Waals surface area contributed by atoms with E-state index in [-0.39, 0.29) is 5.71 Å². The van der Waals surface area contributed by atoms with Gasteiger partial charge in [0, 0.05) is 5.71 Å². The summed E-state index contributed by atoms with van der Waals surface area (Å²) in [6.07, 6.45) is 8.12.